The Bertz CT molecular complexity index is 1080. The minimum absolute atomic E-state index is 0.00540. The molecule has 0 bridgehead atoms. The fourth-order valence-corrected chi connectivity index (χ4v) is 3.96. The van der Waals surface area contributed by atoms with Crippen LogP contribution in [0.3, 0.4) is 0 Å². The van der Waals surface area contributed by atoms with E-state index in [0.717, 1.165) is 10.6 Å². The standard InChI is InChI=1S/C19H23N3O7S/c1-6-21(30(5,26)27)16-11-18(29-4)17(28-3)10-13(16)19(23)20-14-8-7-9-15(12(14)2)22(24)25/h7-11H,6H2,1-5H3,(H,20,23). The Morgan fingerprint density at radius 2 is 1.80 bits per heavy atom. The molecule has 162 valence electrons. The van der Waals surface area contributed by atoms with E-state index in [1.807, 2.05) is 0 Å². The van der Waals surface area contributed by atoms with Crippen LogP contribution < -0.4 is 19.1 Å². The summed E-state index contributed by atoms with van der Waals surface area (Å²) in [5.74, 6) is -0.180. The number of nitrogens with zero attached hydrogens (tertiary/aromatic N) is 2. The van der Waals surface area contributed by atoms with Crippen LogP contribution >= 0.6 is 0 Å². The summed E-state index contributed by atoms with van der Waals surface area (Å²) in [6, 6.07) is 7.07. The van der Waals surface area contributed by atoms with Gasteiger partial charge in [-0.15, -0.1) is 0 Å². The number of hydrogen-bond donors (Lipinski definition) is 1. The lowest BCUT2D eigenvalue weighted by Crippen LogP contribution is -2.31. The molecule has 1 amide bonds. The first-order chi connectivity index (χ1) is 14.0. The number of amides is 1. The van der Waals surface area contributed by atoms with Crippen LogP contribution in [0.5, 0.6) is 11.5 Å². The maximum atomic E-state index is 13.1. The summed E-state index contributed by atoms with van der Waals surface area (Å²) < 4.78 is 36.1. The van der Waals surface area contributed by atoms with Gasteiger partial charge in [-0.1, -0.05) is 6.07 Å². The molecule has 10 nitrogen and oxygen atoms in total. The molecule has 0 heterocycles. The number of ether oxygens (including phenoxy) is 2. The summed E-state index contributed by atoms with van der Waals surface area (Å²) in [6.45, 7) is 3.21. The van der Waals surface area contributed by atoms with Gasteiger partial charge in [0.15, 0.2) is 11.5 Å². The van der Waals surface area contributed by atoms with Crippen molar-refractivity contribution in [2.75, 3.05) is 36.6 Å². The molecule has 11 heteroatoms. The summed E-state index contributed by atoms with van der Waals surface area (Å²) in [6.07, 6.45) is 1.03. The number of benzene rings is 2. The summed E-state index contributed by atoms with van der Waals surface area (Å²) in [4.78, 5) is 23.7. The molecule has 0 unspecified atom stereocenters. The number of nitrogens with one attached hydrogen (secondary N) is 1. The molecule has 2 rings (SSSR count). The molecular formula is C19H23N3O7S. The van der Waals surface area contributed by atoms with Gasteiger partial charge in [-0.05, 0) is 26.0 Å². The van der Waals surface area contributed by atoms with Gasteiger partial charge in [0, 0.05) is 18.7 Å². The van der Waals surface area contributed by atoms with E-state index in [2.05, 4.69) is 5.32 Å². The van der Waals surface area contributed by atoms with Crippen molar-refractivity contribution in [1.82, 2.24) is 0 Å². The normalized spacial score (nSPS) is 11.0. The van der Waals surface area contributed by atoms with E-state index < -0.39 is 20.9 Å². The highest BCUT2D eigenvalue weighted by atomic mass is 32.2. The Balaban J connectivity index is 2.63. The van der Waals surface area contributed by atoms with Crippen LogP contribution in [0.25, 0.3) is 0 Å². The largest absolute Gasteiger partial charge is 0.493 e. The molecule has 0 spiro atoms. The number of sulfonamides is 1. The van der Waals surface area contributed by atoms with E-state index in [1.165, 1.54) is 51.5 Å². The Kier molecular flexibility index (Phi) is 6.88. The topological polar surface area (TPSA) is 128 Å². The van der Waals surface area contributed by atoms with Crippen LogP contribution in [-0.4, -0.2) is 46.3 Å². The quantitative estimate of drug-likeness (QED) is 0.497. The zero-order valence-electron chi connectivity index (χ0n) is 17.3. The van der Waals surface area contributed by atoms with Crippen LogP contribution in [0.2, 0.25) is 0 Å². The van der Waals surface area contributed by atoms with Crippen molar-refractivity contribution in [2.45, 2.75) is 13.8 Å². The lowest BCUT2D eigenvalue weighted by Gasteiger charge is -2.24. The highest BCUT2D eigenvalue weighted by Crippen LogP contribution is 2.37. The fraction of sp³-hybridized carbons (Fsp3) is 0.316. The molecule has 0 fully saturated rings. The van der Waals surface area contributed by atoms with Crippen LogP contribution in [-0.2, 0) is 10.0 Å². The lowest BCUT2D eigenvalue weighted by atomic mass is 10.1. The third-order valence-electron chi connectivity index (χ3n) is 4.45. The fourth-order valence-electron chi connectivity index (χ4n) is 2.99. The average molecular weight is 437 g/mol. The summed E-state index contributed by atoms with van der Waals surface area (Å²) in [5, 5.41) is 13.8. The Morgan fingerprint density at radius 3 is 2.30 bits per heavy atom. The third-order valence-corrected chi connectivity index (χ3v) is 5.71. The lowest BCUT2D eigenvalue weighted by molar-refractivity contribution is -0.385. The first kappa shape index (κ1) is 22.9. The van der Waals surface area contributed by atoms with E-state index in [4.69, 9.17) is 9.47 Å². The summed E-state index contributed by atoms with van der Waals surface area (Å²) in [5.41, 5.74) is 0.460. The molecule has 0 atom stereocenters. The number of nitro benzene ring substituents is 1. The molecule has 0 aliphatic heterocycles. The zero-order chi connectivity index (χ0) is 22.6. The molecule has 2 aromatic carbocycles. The molecular weight excluding hydrogens is 414 g/mol. The van der Waals surface area contributed by atoms with Gasteiger partial charge in [0.2, 0.25) is 10.0 Å². The van der Waals surface area contributed by atoms with Crippen molar-refractivity contribution in [3.63, 3.8) is 0 Å². The van der Waals surface area contributed by atoms with Gasteiger partial charge in [-0.2, -0.15) is 0 Å². The third kappa shape index (κ3) is 4.62. The molecule has 0 aliphatic rings. The number of rotatable bonds is 8. The first-order valence-electron chi connectivity index (χ1n) is 8.84. The average Bonchev–Trinajstić information content (AvgIpc) is 2.68. The molecule has 2 aromatic rings. The van der Waals surface area contributed by atoms with E-state index in [0.29, 0.717) is 0 Å². The Hall–Kier alpha value is -3.34. The Morgan fingerprint density at radius 1 is 1.20 bits per heavy atom. The van der Waals surface area contributed by atoms with Crippen molar-refractivity contribution in [2.24, 2.45) is 0 Å². The van der Waals surface area contributed by atoms with Gasteiger partial charge in [-0.3, -0.25) is 19.2 Å². The second kappa shape index (κ2) is 8.99. The SMILES string of the molecule is CCN(c1cc(OC)c(OC)cc1C(=O)Nc1cccc([N+](=O)[O-])c1C)S(C)(=O)=O. The van der Waals surface area contributed by atoms with E-state index in [9.17, 15) is 23.3 Å². The van der Waals surface area contributed by atoms with Crippen molar-refractivity contribution in [1.29, 1.82) is 0 Å². The van der Waals surface area contributed by atoms with Crippen molar-refractivity contribution in [3.8, 4) is 11.5 Å². The number of hydrogen-bond acceptors (Lipinski definition) is 7. The van der Waals surface area contributed by atoms with Gasteiger partial charge in [0.05, 0.1) is 47.9 Å². The molecule has 0 radical (unpaired) electrons. The van der Waals surface area contributed by atoms with Crippen LogP contribution in [0.15, 0.2) is 30.3 Å². The maximum absolute atomic E-state index is 13.1. The number of anilines is 2. The van der Waals surface area contributed by atoms with Crippen molar-refractivity contribution >= 4 is 33.0 Å². The summed E-state index contributed by atoms with van der Waals surface area (Å²) in [7, 11) is -0.920. The van der Waals surface area contributed by atoms with Gasteiger partial charge in [0.25, 0.3) is 11.6 Å². The predicted octanol–water partition coefficient (Wildman–Crippen LogP) is 2.96. The highest BCUT2D eigenvalue weighted by molar-refractivity contribution is 7.92. The molecule has 0 aromatic heterocycles. The van der Waals surface area contributed by atoms with Crippen LogP contribution in [0.1, 0.15) is 22.8 Å². The number of carbonyl (C=O) groups is 1. The summed E-state index contributed by atoms with van der Waals surface area (Å²) >= 11 is 0. The van der Waals surface area contributed by atoms with E-state index >= 15 is 0 Å². The minimum Gasteiger partial charge on any atom is -0.493 e. The monoisotopic (exact) mass is 437 g/mol. The zero-order valence-corrected chi connectivity index (χ0v) is 18.1. The first-order valence-corrected chi connectivity index (χ1v) is 10.7. The van der Waals surface area contributed by atoms with Gasteiger partial charge < -0.3 is 14.8 Å². The van der Waals surface area contributed by atoms with Crippen molar-refractivity contribution < 1.29 is 27.6 Å². The predicted molar refractivity (Wildman–Crippen MR) is 113 cm³/mol. The van der Waals surface area contributed by atoms with E-state index in [-0.39, 0.29) is 46.2 Å². The molecule has 1 N–H and O–H groups in total. The number of carbonyl (C=O) groups excluding carboxylic acids is 1. The van der Waals surface area contributed by atoms with Gasteiger partial charge in [-0.25, -0.2) is 8.42 Å². The Labute approximate surface area is 174 Å². The maximum Gasteiger partial charge on any atom is 0.274 e. The number of methoxy groups -OCH3 is 2. The van der Waals surface area contributed by atoms with Crippen molar-refractivity contribution in [3.05, 3.63) is 51.6 Å². The minimum atomic E-state index is -3.70. The molecule has 0 saturated heterocycles. The second-order valence-electron chi connectivity index (χ2n) is 6.31. The van der Waals surface area contributed by atoms with Gasteiger partial charge in [0.1, 0.15) is 0 Å². The number of nitro groups is 1. The molecule has 30 heavy (non-hydrogen) atoms. The highest BCUT2D eigenvalue weighted by Gasteiger charge is 2.26. The van der Waals surface area contributed by atoms with E-state index in [1.54, 1.807) is 6.92 Å². The second-order valence-corrected chi connectivity index (χ2v) is 8.22. The van der Waals surface area contributed by atoms with Gasteiger partial charge >= 0.3 is 0 Å². The van der Waals surface area contributed by atoms with Crippen LogP contribution in [0, 0.1) is 17.0 Å². The molecule has 0 saturated carbocycles. The smallest absolute Gasteiger partial charge is 0.274 e. The molecule has 0 aliphatic carbocycles. The van der Waals surface area contributed by atoms with Crippen LogP contribution in [0.4, 0.5) is 17.1 Å².